The third-order valence-corrected chi connectivity index (χ3v) is 5.54. The van der Waals surface area contributed by atoms with E-state index < -0.39 is 0 Å². The molecule has 2 unspecified atom stereocenters. The van der Waals surface area contributed by atoms with Gasteiger partial charge in [0.15, 0.2) is 0 Å². The van der Waals surface area contributed by atoms with E-state index in [1.807, 2.05) is 48.8 Å². The van der Waals surface area contributed by atoms with E-state index in [2.05, 4.69) is 42.0 Å². The van der Waals surface area contributed by atoms with E-state index in [1.54, 1.807) is 0 Å². The number of hydrogen-bond acceptors (Lipinski definition) is 3. The summed E-state index contributed by atoms with van der Waals surface area (Å²) in [5, 5.41) is 3.40. The van der Waals surface area contributed by atoms with Gasteiger partial charge in [-0.3, -0.25) is 4.98 Å². The van der Waals surface area contributed by atoms with Crippen LogP contribution in [0.25, 0.3) is 32.8 Å². The summed E-state index contributed by atoms with van der Waals surface area (Å²) in [6.07, 6.45) is 4.75. The van der Waals surface area contributed by atoms with Crippen molar-refractivity contribution in [1.82, 2.24) is 9.97 Å². The first-order valence-corrected chi connectivity index (χ1v) is 9.68. The van der Waals surface area contributed by atoms with Gasteiger partial charge in [0.25, 0.3) is 0 Å². The van der Waals surface area contributed by atoms with E-state index in [0.717, 1.165) is 45.3 Å². The molecule has 0 saturated heterocycles. The van der Waals surface area contributed by atoms with Crippen molar-refractivity contribution in [2.45, 2.75) is 26.4 Å². The number of pyridine rings is 1. The van der Waals surface area contributed by atoms with Crippen molar-refractivity contribution in [1.29, 1.82) is 0 Å². The van der Waals surface area contributed by atoms with E-state index in [1.165, 1.54) is 5.39 Å². The summed E-state index contributed by atoms with van der Waals surface area (Å²) in [5.74, 6) is 1.18. The van der Waals surface area contributed by atoms with Gasteiger partial charge in [0, 0.05) is 28.6 Å². The first-order valence-electron chi connectivity index (χ1n) is 9.68. The molecule has 5 rings (SSSR count). The van der Waals surface area contributed by atoms with Gasteiger partial charge < -0.3 is 14.1 Å². The lowest BCUT2D eigenvalue weighted by molar-refractivity contribution is 0.160. The van der Waals surface area contributed by atoms with Crippen LogP contribution in [0.15, 0.2) is 71.4 Å². The summed E-state index contributed by atoms with van der Waals surface area (Å²) in [5.41, 5.74) is 3.99. The van der Waals surface area contributed by atoms with Gasteiger partial charge in [0.2, 0.25) is 0 Å². The third kappa shape index (κ3) is 2.91. The van der Waals surface area contributed by atoms with Crippen LogP contribution in [0.4, 0.5) is 0 Å². The van der Waals surface area contributed by atoms with Crippen molar-refractivity contribution < 1.29 is 9.15 Å². The Hall–Kier alpha value is -3.27. The standard InChI is InChI=1S/C24H22N2O2/c1-15(13-21-24-17(9-11-25-21)10-12-26-24)16(2)27-18-7-8-23-20(14-18)19-5-3-4-6-22(19)28-23/h3-12,14-16,26H,13H2,1-2H3. The predicted molar refractivity (Wildman–Crippen MR) is 113 cm³/mol. The molecule has 140 valence electrons. The Balaban J connectivity index is 1.37. The van der Waals surface area contributed by atoms with Gasteiger partial charge in [-0.05, 0) is 55.7 Å². The largest absolute Gasteiger partial charge is 0.490 e. The molecule has 2 atom stereocenters. The van der Waals surface area contributed by atoms with Crippen LogP contribution in [0, 0.1) is 5.92 Å². The minimum absolute atomic E-state index is 0.0580. The quantitative estimate of drug-likeness (QED) is 0.406. The molecule has 0 bridgehead atoms. The molecular weight excluding hydrogens is 348 g/mol. The Morgan fingerprint density at radius 3 is 2.79 bits per heavy atom. The first kappa shape index (κ1) is 16.9. The maximum Gasteiger partial charge on any atom is 0.135 e. The summed E-state index contributed by atoms with van der Waals surface area (Å²) in [7, 11) is 0. The molecule has 0 amide bonds. The number of nitrogens with one attached hydrogen (secondary N) is 1. The molecule has 0 fully saturated rings. The molecule has 4 heteroatoms. The molecule has 0 radical (unpaired) electrons. The van der Waals surface area contributed by atoms with Crippen LogP contribution in [0.2, 0.25) is 0 Å². The second-order valence-corrected chi connectivity index (χ2v) is 7.46. The van der Waals surface area contributed by atoms with Crippen molar-refractivity contribution in [2.24, 2.45) is 5.92 Å². The molecule has 0 aliphatic heterocycles. The molecule has 5 aromatic rings. The summed E-state index contributed by atoms with van der Waals surface area (Å²) in [4.78, 5) is 7.88. The maximum absolute atomic E-state index is 6.29. The summed E-state index contributed by atoms with van der Waals surface area (Å²) in [6.45, 7) is 4.33. The Morgan fingerprint density at radius 1 is 1.00 bits per heavy atom. The van der Waals surface area contributed by atoms with Crippen LogP contribution in [0.1, 0.15) is 19.5 Å². The summed E-state index contributed by atoms with van der Waals surface area (Å²) >= 11 is 0. The monoisotopic (exact) mass is 370 g/mol. The topological polar surface area (TPSA) is 51.0 Å². The van der Waals surface area contributed by atoms with Crippen molar-refractivity contribution in [2.75, 3.05) is 0 Å². The maximum atomic E-state index is 6.29. The van der Waals surface area contributed by atoms with Crippen molar-refractivity contribution in [3.8, 4) is 5.75 Å². The second-order valence-electron chi connectivity index (χ2n) is 7.46. The molecule has 3 aromatic heterocycles. The van der Waals surface area contributed by atoms with Crippen LogP contribution in [0.3, 0.4) is 0 Å². The normalized spacial score (nSPS) is 13.9. The predicted octanol–water partition coefficient (Wildman–Crippen LogP) is 6.11. The third-order valence-electron chi connectivity index (χ3n) is 5.54. The highest BCUT2D eigenvalue weighted by Crippen LogP contribution is 2.32. The van der Waals surface area contributed by atoms with Crippen LogP contribution >= 0.6 is 0 Å². The fraction of sp³-hybridized carbons (Fsp3) is 0.208. The fourth-order valence-electron chi connectivity index (χ4n) is 3.78. The first-order chi connectivity index (χ1) is 13.7. The molecule has 28 heavy (non-hydrogen) atoms. The molecule has 1 N–H and O–H groups in total. The molecule has 2 aromatic carbocycles. The van der Waals surface area contributed by atoms with E-state index in [4.69, 9.17) is 9.15 Å². The smallest absolute Gasteiger partial charge is 0.135 e. The number of para-hydroxylation sites is 1. The Kier molecular flexibility index (Phi) is 4.05. The zero-order valence-corrected chi connectivity index (χ0v) is 16.0. The molecule has 0 saturated carbocycles. The molecule has 3 heterocycles. The fourth-order valence-corrected chi connectivity index (χ4v) is 3.78. The molecule has 0 spiro atoms. The number of rotatable bonds is 5. The van der Waals surface area contributed by atoms with Crippen LogP contribution in [-0.2, 0) is 6.42 Å². The van der Waals surface area contributed by atoms with E-state index >= 15 is 0 Å². The lowest BCUT2D eigenvalue weighted by Crippen LogP contribution is -2.23. The van der Waals surface area contributed by atoms with Gasteiger partial charge in [-0.1, -0.05) is 25.1 Å². The average Bonchev–Trinajstić information content (AvgIpc) is 3.33. The van der Waals surface area contributed by atoms with Crippen LogP contribution in [-0.4, -0.2) is 16.1 Å². The van der Waals surface area contributed by atoms with E-state index in [9.17, 15) is 0 Å². The zero-order valence-electron chi connectivity index (χ0n) is 16.0. The van der Waals surface area contributed by atoms with E-state index in [0.29, 0.717) is 5.92 Å². The highest BCUT2D eigenvalue weighted by Gasteiger charge is 2.18. The van der Waals surface area contributed by atoms with Gasteiger partial charge in [0.1, 0.15) is 16.9 Å². The highest BCUT2D eigenvalue weighted by molar-refractivity contribution is 6.05. The van der Waals surface area contributed by atoms with Crippen molar-refractivity contribution in [3.05, 3.63) is 72.7 Å². The number of furan rings is 1. The number of benzene rings is 2. The van der Waals surface area contributed by atoms with Crippen LogP contribution in [0.5, 0.6) is 5.75 Å². The number of ether oxygens (including phenoxy) is 1. The minimum atomic E-state index is 0.0580. The lowest BCUT2D eigenvalue weighted by atomic mass is 9.98. The molecule has 0 aliphatic rings. The average molecular weight is 370 g/mol. The number of aromatic nitrogens is 2. The minimum Gasteiger partial charge on any atom is -0.490 e. The van der Waals surface area contributed by atoms with Gasteiger partial charge in [-0.25, -0.2) is 0 Å². The SMILES string of the molecule is CC(Cc1nccc2cc[nH]c12)C(C)Oc1ccc2oc3ccccc3c2c1. The number of H-pyrrole nitrogens is 1. The number of fused-ring (bicyclic) bond motifs is 4. The van der Waals surface area contributed by atoms with Gasteiger partial charge in [0.05, 0.1) is 17.3 Å². The zero-order chi connectivity index (χ0) is 19.1. The molecule has 0 aliphatic carbocycles. The Bertz CT molecular complexity index is 1270. The van der Waals surface area contributed by atoms with Gasteiger partial charge >= 0.3 is 0 Å². The number of hydrogen-bond donors (Lipinski definition) is 1. The lowest BCUT2D eigenvalue weighted by Gasteiger charge is -2.21. The molecular formula is C24H22N2O2. The molecule has 4 nitrogen and oxygen atoms in total. The second kappa shape index (κ2) is 6.71. The number of nitrogens with zero attached hydrogens (tertiary/aromatic N) is 1. The summed E-state index contributed by atoms with van der Waals surface area (Å²) < 4.78 is 12.2. The van der Waals surface area contributed by atoms with Crippen molar-refractivity contribution in [3.63, 3.8) is 0 Å². The Morgan fingerprint density at radius 2 is 1.86 bits per heavy atom. The van der Waals surface area contributed by atoms with Crippen molar-refractivity contribution >= 4 is 32.8 Å². The highest BCUT2D eigenvalue weighted by atomic mass is 16.5. The van der Waals surface area contributed by atoms with Gasteiger partial charge in [-0.2, -0.15) is 0 Å². The summed E-state index contributed by atoms with van der Waals surface area (Å²) in [6, 6.07) is 18.3. The van der Waals surface area contributed by atoms with Crippen LogP contribution < -0.4 is 4.74 Å². The number of aromatic amines is 1. The Labute approximate surface area is 163 Å². The van der Waals surface area contributed by atoms with Gasteiger partial charge in [-0.15, -0.1) is 0 Å². The van der Waals surface area contributed by atoms with E-state index in [-0.39, 0.29) is 6.10 Å².